The topological polar surface area (TPSA) is 15.3 Å². The van der Waals surface area contributed by atoms with E-state index in [1.165, 1.54) is 31.2 Å². The monoisotopic (exact) mass is 234 g/mol. The number of unbranched alkanes of at least 4 members (excludes halogenated alkanes) is 2. The highest BCUT2D eigenvalue weighted by Gasteiger charge is 2.02. The van der Waals surface area contributed by atoms with E-state index in [4.69, 9.17) is 0 Å². The Hall–Kier alpha value is -0.860. The molecule has 0 aliphatic rings. The average Bonchev–Trinajstić information content (AvgIpc) is 2.39. The molecule has 0 atom stereocenters. The van der Waals surface area contributed by atoms with E-state index in [1.807, 2.05) is 0 Å². The second-order valence-electron chi connectivity index (χ2n) is 4.51. The number of nitrogens with zero attached hydrogens (tertiary/aromatic N) is 1. The number of rotatable bonds is 9. The Balaban J connectivity index is 2.31. The second-order valence-corrected chi connectivity index (χ2v) is 4.51. The van der Waals surface area contributed by atoms with Gasteiger partial charge in [-0.3, -0.25) is 5.43 Å². The highest BCUT2D eigenvalue weighted by atomic mass is 15.5. The smallest absolute Gasteiger partial charge is 0.0353 e. The fraction of sp³-hybridized carbons (Fsp3) is 0.600. The van der Waals surface area contributed by atoms with Gasteiger partial charge >= 0.3 is 0 Å². The summed E-state index contributed by atoms with van der Waals surface area (Å²) < 4.78 is 0. The summed E-state index contributed by atoms with van der Waals surface area (Å²) >= 11 is 0. The highest BCUT2D eigenvalue weighted by molar-refractivity contribution is 5.13. The van der Waals surface area contributed by atoms with Crippen LogP contribution in [0.2, 0.25) is 0 Å². The quantitative estimate of drug-likeness (QED) is 0.657. The van der Waals surface area contributed by atoms with Crippen molar-refractivity contribution in [2.75, 3.05) is 13.1 Å². The molecule has 0 aliphatic heterocycles. The molecule has 0 unspecified atom stereocenters. The standard InChI is InChI=1S/C15H26N2/c1-3-5-12-17(13-6-4-2)16-14-15-10-8-7-9-11-15/h7-11,16H,3-6,12-14H2,1-2H3. The van der Waals surface area contributed by atoms with Crippen molar-refractivity contribution in [3.63, 3.8) is 0 Å². The molecule has 1 N–H and O–H groups in total. The third-order valence-corrected chi connectivity index (χ3v) is 2.91. The molecule has 2 nitrogen and oxygen atoms in total. The van der Waals surface area contributed by atoms with Crippen LogP contribution in [0, 0.1) is 0 Å². The van der Waals surface area contributed by atoms with Crippen molar-refractivity contribution in [3.05, 3.63) is 35.9 Å². The molecule has 0 bridgehead atoms. The minimum Gasteiger partial charge on any atom is -0.251 e. The molecule has 0 radical (unpaired) electrons. The molecule has 0 saturated carbocycles. The minimum atomic E-state index is 0.939. The van der Waals surface area contributed by atoms with Crippen molar-refractivity contribution in [2.45, 2.75) is 46.1 Å². The lowest BCUT2D eigenvalue weighted by Crippen LogP contribution is -2.38. The van der Waals surface area contributed by atoms with Crippen LogP contribution < -0.4 is 5.43 Å². The first-order valence-electron chi connectivity index (χ1n) is 6.89. The number of nitrogens with one attached hydrogen (secondary N) is 1. The first-order valence-corrected chi connectivity index (χ1v) is 6.89. The fourth-order valence-corrected chi connectivity index (χ4v) is 1.77. The molecule has 1 aromatic rings. The second kappa shape index (κ2) is 9.20. The summed E-state index contributed by atoms with van der Waals surface area (Å²) in [5.41, 5.74) is 4.89. The van der Waals surface area contributed by atoms with Crippen molar-refractivity contribution in [1.29, 1.82) is 0 Å². The van der Waals surface area contributed by atoms with Crippen LogP contribution in [-0.2, 0) is 6.54 Å². The predicted molar refractivity (Wildman–Crippen MR) is 74.7 cm³/mol. The lowest BCUT2D eigenvalue weighted by atomic mass is 10.2. The van der Waals surface area contributed by atoms with E-state index in [0.29, 0.717) is 0 Å². The van der Waals surface area contributed by atoms with E-state index >= 15 is 0 Å². The van der Waals surface area contributed by atoms with E-state index in [0.717, 1.165) is 19.6 Å². The average molecular weight is 234 g/mol. The van der Waals surface area contributed by atoms with E-state index in [9.17, 15) is 0 Å². The van der Waals surface area contributed by atoms with E-state index < -0.39 is 0 Å². The lowest BCUT2D eigenvalue weighted by molar-refractivity contribution is 0.178. The van der Waals surface area contributed by atoms with Gasteiger partial charge in [0.15, 0.2) is 0 Å². The van der Waals surface area contributed by atoms with Gasteiger partial charge in [0.2, 0.25) is 0 Å². The van der Waals surface area contributed by atoms with Crippen LogP contribution in [0.4, 0.5) is 0 Å². The molecule has 1 aromatic carbocycles. The minimum absolute atomic E-state index is 0.939. The largest absolute Gasteiger partial charge is 0.251 e. The van der Waals surface area contributed by atoms with Crippen molar-refractivity contribution < 1.29 is 0 Å². The molecule has 0 aromatic heterocycles. The summed E-state index contributed by atoms with van der Waals surface area (Å²) in [6.07, 6.45) is 5.06. The normalized spacial score (nSPS) is 11.0. The zero-order valence-electron chi connectivity index (χ0n) is 11.3. The van der Waals surface area contributed by atoms with Gasteiger partial charge in [0.25, 0.3) is 0 Å². The van der Waals surface area contributed by atoms with Gasteiger partial charge in [-0.05, 0) is 18.4 Å². The van der Waals surface area contributed by atoms with Crippen LogP contribution in [0.5, 0.6) is 0 Å². The van der Waals surface area contributed by atoms with Crippen LogP contribution >= 0.6 is 0 Å². The molecule has 0 fully saturated rings. The SMILES string of the molecule is CCCCN(CCCC)NCc1ccccc1. The molecular weight excluding hydrogens is 208 g/mol. The maximum atomic E-state index is 3.54. The van der Waals surface area contributed by atoms with E-state index in [1.54, 1.807) is 0 Å². The number of hydrogen-bond acceptors (Lipinski definition) is 2. The van der Waals surface area contributed by atoms with Gasteiger partial charge in [0.1, 0.15) is 0 Å². The Morgan fingerprint density at radius 2 is 1.53 bits per heavy atom. The molecule has 1 rings (SSSR count). The number of benzene rings is 1. The summed E-state index contributed by atoms with van der Waals surface area (Å²) in [6, 6.07) is 10.6. The summed E-state index contributed by atoms with van der Waals surface area (Å²) in [6.45, 7) is 7.74. The fourth-order valence-electron chi connectivity index (χ4n) is 1.77. The molecule has 2 heteroatoms. The Labute approximate surface area is 106 Å². The highest BCUT2D eigenvalue weighted by Crippen LogP contribution is 2.00. The summed E-state index contributed by atoms with van der Waals surface area (Å²) in [4.78, 5) is 0. The summed E-state index contributed by atoms with van der Waals surface area (Å²) in [5.74, 6) is 0. The number of hydrazine groups is 1. The predicted octanol–water partition coefficient (Wildman–Crippen LogP) is 3.59. The van der Waals surface area contributed by atoms with Gasteiger partial charge in [-0.1, -0.05) is 57.0 Å². The van der Waals surface area contributed by atoms with Crippen molar-refractivity contribution >= 4 is 0 Å². The zero-order valence-corrected chi connectivity index (χ0v) is 11.3. The van der Waals surface area contributed by atoms with Gasteiger partial charge in [0, 0.05) is 19.6 Å². The molecular formula is C15H26N2. The third-order valence-electron chi connectivity index (χ3n) is 2.91. The molecule has 17 heavy (non-hydrogen) atoms. The third kappa shape index (κ3) is 6.44. The van der Waals surface area contributed by atoms with E-state index in [-0.39, 0.29) is 0 Å². The first-order chi connectivity index (χ1) is 8.36. The van der Waals surface area contributed by atoms with Gasteiger partial charge in [-0.2, -0.15) is 0 Å². The van der Waals surface area contributed by atoms with Crippen LogP contribution in [0.15, 0.2) is 30.3 Å². The van der Waals surface area contributed by atoms with Crippen LogP contribution in [0.1, 0.15) is 45.1 Å². The lowest BCUT2D eigenvalue weighted by Gasteiger charge is -2.23. The van der Waals surface area contributed by atoms with Crippen molar-refractivity contribution in [2.24, 2.45) is 0 Å². The molecule has 0 aliphatic carbocycles. The van der Waals surface area contributed by atoms with Crippen LogP contribution in [0.3, 0.4) is 0 Å². The first kappa shape index (κ1) is 14.2. The van der Waals surface area contributed by atoms with E-state index in [2.05, 4.69) is 54.6 Å². The molecule has 0 spiro atoms. The number of hydrogen-bond donors (Lipinski definition) is 1. The van der Waals surface area contributed by atoms with Crippen molar-refractivity contribution in [1.82, 2.24) is 10.4 Å². The summed E-state index contributed by atoms with van der Waals surface area (Å²) in [7, 11) is 0. The Kier molecular flexibility index (Phi) is 7.69. The van der Waals surface area contributed by atoms with Gasteiger partial charge in [-0.25, -0.2) is 5.01 Å². The van der Waals surface area contributed by atoms with Crippen molar-refractivity contribution in [3.8, 4) is 0 Å². The van der Waals surface area contributed by atoms with Gasteiger partial charge in [0.05, 0.1) is 0 Å². The molecule has 0 saturated heterocycles. The Morgan fingerprint density at radius 3 is 2.06 bits per heavy atom. The zero-order chi connectivity index (χ0) is 12.3. The Bertz CT molecular complexity index is 264. The van der Waals surface area contributed by atoms with Crippen LogP contribution in [-0.4, -0.2) is 18.1 Å². The Morgan fingerprint density at radius 1 is 0.941 bits per heavy atom. The maximum Gasteiger partial charge on any atom is 0.0353 e. The molecule has 96 valence electrons. The maximum absolute atomic E-state index is 3.54. The molecule has 0 heterocycles. The van der Waals surface area contributed by atoms with Crippen LogP contribution in [0.25, 0.3) is 0 Å². The summed E-state index contributed by atoms with van der Waals surface area (Å²) in [5, 5.41) is 2.38. The van der Waals surface area contributed by atoms with Gasteiger partial charge in [-0.15, -0.1) is 0 Å². The molecule has 0 amide bonds. The van der Waals surface area contributed by atoms with Gasteiger partial charge < -0.3 is 0 Å².